The number of aliphatic hydroxyl groups excluding tert-OH is 1. The van der Waals surface area contributed by atoms with Crippen LogP contribution >= 0.6 is 12.2 Å². The Balaban J connectivity index is 1.69. The van der Waals surface area contributed by atoms with Gasteiger partial charge < -0.3 is 10.0 Å². The lowest BCUT2D eigenvalue weighted by atomic mass is 9.74. The molecule has 5 nitrogen and oxygen atoms in total. The molecule has 1 aliphatic carbocycles. The second-order valence-electron chi connectivity index (χ2n) is 8.34. The first-order valence-electron chi connectivity index (χ1n) is 10.6. The molecule has 0 bridgehead atoms. The summed E-state index contributed by atoms with van der Waals surface area (Å²) < 4.78 is 40.6. The molecule has 0 aromatic heterocycles. The molecule has 2 fully saturated rings. The van der Waals surface area contributed by atoms with E-state index < -0.39 is 29.1 Å². The van der Waals surface area contributed by atoms with Gasteiger partial charge in [0.25, 0.3) is 0 Å². The Morgan fingerprint density at radius 3 is 2.30 bits per heavy atom. The maximum absolute atomic E-state index is 13.5. The zero-order valence-electron chi connectivity index (χ0n) is 17.6. The van der Waals surface area contributed by atoms with E-state index >= 15 is 0 Å². The monoisotopic (exact) mass is 470 g/mol. The van der Waals surface area contributed by atoms with Gasteiger partial charge in [0.15, 0.2) is 11.3 Å². The Kier molecular flexibility index (Phi) is 6.04. The van der Waals surface area contributed by atoms with E-state index in [0.29, 0.717) is 19.3 Å². The number of unbranched alkanes of at least 4 members (excludes halogenated alkanes) is 1. The minimum absolute atomic E-state index is 0.0979. The van der Waals surface area contributed by atoms with Crippen molar-refractivity contribution in [2.45, 2.75) is 56.5 Å². The summed E-state index contributed by atoms with van der Waals surface area (Å²) in [6, 6.07) is 14.8. The molecular formula is C24H21F3N4OS. The number of nitrogens with zero attached hydrogens (tertiary/aromatic N) is 4. The Labute approximate surface area is 195 Å². The van der Waals surface area contributed by atoms with Crippen molar-refractivity contribution in [3.63, 3.8) is 0 Å². The summed E-state index contributed by atoms with van der Waals surface area (Å²) in [7, 11) is 0. The standard InChI is InChI=1S/C24H21F3N4OS/c25-24(26,27)20-14-19(10-7-17(20)15-29)30-21(32)23(11-3-12-23)31(22(30)33)18-8-5-16(6-9-18)4-1-2-13-28/h5-10,14,21,32H,1-4,11-12H2. The summed E-state index contributed by atoms with van der Waals surface area (Å²) in [5.41, 5.74) is -0.323. The Hall–Kier alpha value is -3.14. The van der Waals surface area contributed by atoms with Crippen LogP contribution in [0.15, 0.2) is 42.5 Å². The smallest absolute Gasteiger partial charge is 0.371 e. The quantitative estimate of drug-likeness (QED) is 0.474. The Bertz CT molecular complexity index is 1150. The number of anilines is 2. The number of hydrogen-bond donors (Lipinski definition) is 1. The zero-order chi connectivity index (χ0) is 23.8. The molecule has 1 atom stereocenters. The third kappa shape index (κ3) is 3.92. The van der Waals surface area contributed by atoms with Crippen LogP contribution < -0.4 is 9.80 Å². The maximum Gasteiger partial charge on any atom is 0.417 e. The molecule has 1 saturated heterocycles. The van der Waals surface area contributed by atoms with Gasteiger partial charge in [-0.25, -0.2) is 0 Å². The number of thiocarbonyl (C=S) groups is 1. The fourth-order valence-corrected chi connectivity index (χ4v) is 5.09. The number of nitriles is 2. The SMILES string of the molecule is N#CCCCc1ccc(N2C(=S)N(c3ccc(C#N)c(C(F)(F)F)c3)C(O)C23CCC3)cc1. The van der Waals surface area contributed by atoms with Crippen LogP contribution in [-0.2, 0) is 12.6 Å². The molecule has 1 unspecified atom stereocenters. The van der Waals surface area contributed by atoms with Gasteiger partial charge in [-0.1, -0.05) is 12.1 Å². The molecule has 1 N–H and O–H groups in total. The lowest BCUT2D eigenvalue weighted by molar-refractivity contribution is -0.137. The molecule has 33 heavy (non-hydrogen) atoms. The highest BCUT2D eigenvalue weighted by Gasteiger charge is 2.59. The number of hydrogen-bond acceptors (Lipinski definition) is 4. The summed E-state index contributed by atoms with van der Waals surface area (Å²) in [6.45, 7) is 0. The average molecular weight is 471 g/mol. The third-order valence-corrected chi connectivity index (χ3v) is 6.82. The molecule has 2 aromatic rings. The fraction of sp³-hybridized carbons (Fsp3) is 0.375. The number of aryl methyl sites for hydroxylation is 1. The highest BCUT2D eigenvalue weighted by molar-refractivity contribution is 7.80. The van der Waals surface area contributed by atoms with Crippen molar-refractivity contribution in [3.8, 4) is 12.1 Å². The molecule has 1 aliphatic heterocycles. The average Bonchev–Trinajstić information content (AvgIpc) is 3.00. The largest absolute Gasteiger partial charge is 0.417 e. The van der Waals surface area contributed by atoms with Crippen LogP contribution in [0.4, 0.5) is 24.5 Å². The molecule has 2 aliphatic rings. The van der Waals surface area contributed by atoms with Gasteiger partial charge in [-0.05, 0) is 80.2 Å². The molecule has 9 heteroatoms. The molecule has 4 rings (SSSR count). The van der Waals surface area contributed by atoms with Crippen LogP contribution in [0, 0.1) is 22.7 Å². The lowest BCUT2D eigenvalue weighted by Gasteiger charge is -2.46. The van der Waals surface area contributed by atoms with E-state index in [2.05, 4.69) is 6.07 Å². The molecule has 1 spiro atoms. The van der Waals surface area contributed by atoms with Crippen LogP contribution in [0.25, 0.3) is 0 Å². The summed E-state index contributed by atoms with van der Waals surface area (Å²) in [5, 5.41) is 29.3. The van der Waals surface area contributed by atoms with Crippen molar-refractivity contribution >= 4 is 28.7 Å². The molecule has 1 saturated carbocycles. The number of benzene rings is 2. The molecule has 0 radical (unpaired) electrons. The second kappa shape index (κ2) is 8.66. The number of aliphatic hydroxyl groups is 1. The number of halogens is 3. The van der Waals surface area contributed by atoms with Crippen molar-refractivity contribution in [1.82, 2.24) is 0 Å². The van der Waals surface area contributed by atoms with Crippen LogP contribution in [0.1, 0.15) is 48.8 Å². The highest BCUT2D eigenvalue weighted by atomic mass is 32.1. The predicted molar refractivity (Wildman–Crippen MR) is 121 cm³/mol. The van der Waals surface area contributed by atoms with Gasteiger partial charge in [-0.2, -0.15) is 23.7 Å². The number of alkyl halides is 3. The van der Waals surface area contributed by atoms with Crippen LogP contribution in [-0.4, -0.2) is 22.0 Å². The van der Waals surface area contributed by atoms with E-state index in [9.17, 15) is 18.3 Å². The molecule has 1 heterocycles. The van der Waals surface area contributed by atoms with Crippen LogP contribution in [0.5, 0.6) is 0 Å². The fourth-order valence-electron chi connectivity index (χ4n) is 4.60. The summed E-state index contributed by atoms with van der Waals surface area (Å²) in [4.78, 5) is 3.20. The van der Waals surface area contributed by atoms with E-state index in [1.165, 1.54) is 11.0 Å². The van der Waals surface area contributed by atoms with E-state index in [1.807, 2.05) is 29.2 Å². The van der Waals surface area contributed by atoms with Crippen molar-refractivity contribution < 1.29 is 18.3 Å². The van der Waals surface area contributed by atoms with Crippen molar-refractivity contribution in [1.29, 1.82) is 10.5 Å². The topological polar surface area (TPSA) is 74.3 Å². The first kappa shape index (κ1) is 23.0. The van der Waals surface area contributed by atoms with E-state index in [-0.39, 0.29) is 10.8 Å². The van der Waals surface area contributed by atoms with Gasteiger partial charge in [0, 0.05) is 17.8 Å². The summed E-state index contributed by atoms with van der Waals surface area (Å²) >= 11 is 5.68. The maximum atomic E-state index is 13.5. The minimum atomic E-state index is -4.71. The highest BCUT2D eigenvalue weighted by Crippen LogP contribution is 2.50. The second-order valence-corrected chi connectivity index (χ2v) is 8.70. The van der Waals surface area contributed by atoms with Gasteiger partial charge in [0.1, 0.15) is 0 Å². The van der Waals surface area contributed by atoms with Gasteiger partial charge in [-0.3, -0.25) is 4.90 Å². The van der Waals surface area contributed by atoms with Crippen molar-refractivity contribution in [2.24, 2.45) is 0 Å². The predicted octanol–water partition coefficient (Wildman–Crippen LogP) is 5.28. The Morgan fingerprint density at radius 2 is 1.76 bits per heavy atom. The van der Waals surface area contributed by atoms with E-state index in [0.717, 1.165) is 42.6 Å². The summed E-state index contributed by atoms with van der Waals surface area (Å²) in [6.07, 6.45) is -1.65. The third-order valence-electron chi connectivity index (χ3n) is 6.44. The molecule has 0 amide bonds. The number of rotatable bonds is 5. The van der Waals surface area contributed by atoms with Gasteiger partial charge in [0.05, 0.1) is 28.8 Å². The van der Waals surface area contributed by atoms with Gasteiger partial charge >= 0.3 is 6.18 Å². The molecular weight excluding hydrogens is 449 g/mol. The van der Waals surface area contributed by atoms with Gasteiger partial charge in [0.2, 0.25) is 0 Å². The van der Waals surface area contributed by atoms with E-state index in [4.69, 9.17) is 22.7 Å². The normalized spacial score (nSPS) is 19.3. The zero-order valence-corrected chi connectivity index (χ0v) is 18.5. The van der Waals surface area contributed by atoms with Crippen LogP contribution in [0.3, 0.4) is 0 Å². The van der Waals surface area contributed by atoms with Crippen LogP contribution in [0.2, 0.25) is 0 Å². The first-order valence-corrected chi connectivity index (χ1v) is 11.0. The van der Waals surface area contributed by atoms with Gasteiger partial charge in [-0.15, -0.1) is 0 Å². The minimum Gasteiger partial charge on any atom is -0.371 e. The lowest BCUT2D eigenvalue weighted by Crippen LogP contribution is -2.57. The van der Waals surface area contributed by atoms with E-state index in [1.54, 1.807) is 6.07 Å². The first-order chi connectivity index (χ1) is 15.7. The molecule has 2 aromatic carbocycles. The Morgan fingerprint density at radius 1 is 1.09 bits per heavy atom. The van der Waals surface area contributed by atoms with Crippen molar-refractivity contribution in [3.05, 3.63) is 59.2 Å². The van der Waals surface area contributed by atoms with Crippen molar-refractivity contribution in [2.75, 3.05) is 9.80 Å². The molecule has 170 valence electrons. The summed E-state index contributed by atoms with van der Waals surface area (Å²) in [5.74, 6) is 0.